The highest BCUT2D eigenvalue weighted by Gasteiger charge is 2.19. The summed E-state index contributed by atoms with van der Waals surface area (Å²) in [4.78, 5) is 25.0. The summed E-state index contributed by atoms with van der Waals surface area (Å²) in [6.07, 6.45) is 3.28. The second-order valence-corrected chi connectivity index (χ2v) is 9.03. The topological polar surface area (TPSA) is 56.9 Å². The van der Waals surface area contributed by atoms with Crippen molar-refractivity contribution in [2.45, 2.75) is 27.7 Å². The van der Waals surface area contributed by atoms with Crippen molar-refractivity contribution in [2.24, 2.45) is 12.5 Å². The van der Waals surface area contributed by atoms with Crippen molar-refractivity contribution in [3.63, 3.8) is 0 Å². The molecule has 7 heteroatoms. The van der Waals surface area contributed by atoms with Gasteiger partial charge in [0.1, 0.15) is 9.82 Å². The quantitative estimate of drug-likeness (QED) is 0.661. The Morgan fingerprint density at radius 3 is 2.46 bits per heavy atom. The summed E-state index contributed by atoms with van der Waals surface area (Å²) >= 11 is 7.83. The van der Waals surface area contributed by atoms with E-state index in [4.69, 9.17) is 11.6 Å². The van der Waals surface area contributed by atoms with Gasteiger partial charge in [-0.25, -0.2) is 4.68 Å². The molecular weight excluding hydrogens is 394 g/mol. The van der Waals surface area contributed by atoms with Crippen LogP contribution >= 0.6 is 22.9 Å². The lowest BCUT2D eigenvalue weighted by molar-refractivity contribution is -0.120. The van der Waals surface area contributed by atoms with Crippen molar-refractivity contribution < 1.29 is 4.79 Å². The third-order valence-corrected chi connectivity index (χ3v) is 5.86. The van der Waals surface area contributed by atoms with E-state index < -0.39 is 5.41 Å². The molecule has 1 aromatic carbocycles. The van der Waals surface area contributed by atoms with Gasteiger partial charge in [-0.3, -0.25) is 9.59 Å². The molecule has 3 aromatic rings. The molecule has 146 valence electrons. The lowest BCUT2D eigenvalue weighted by atomic mass is 9.91. The number of benzene rings is 1. The van der Waals surface area contributed by atoms with Gasteiger partial charge in [0, 0.05) is 24.1 Å². The zero-order valence-corrected chi connectivity index (χ0v) is 18.1. The first-order valence-electron chi connectivity index (χ1n) is 8.84. The van der Waals surface area contributed by atoms with Crippen LogP contribution in [0.3, 0.4) is 0 Å². The molecule has 0 N–H and O–H groups in total. The van der Waals surface area contributed by atoms with Gasteiger partial charge in [-0.2, -0.15) is 5.10 Å². The first kappa shape index (κ1) is 20.3. The number of nitrogens with zero attached hydrogens (tertiary/aromatic N) is 3. The predicted molar refractivity (Wildman–Crippen MR) is 115 cm³/mol. The van der Waals surface area contributed by atoms with E-state index >= 15 is 0 Å². The van der Waals surface area contributed by atoms with Gasteiger partial charge in [-0.05, 0) is 25.1 Å². The van der Waals surface area contributed by atoms with Crippen LogP contribution in [0.2, 0.25) is 5.15 Å². The molecule has 0 saturated heterocycles. The van der Waals surface area contributed by atoms with E-state index in [0.29, 0.717) is 19.9 Å². The standard InChI is InChI=1S/C21H22ClN3O2S/c1-13-15(19(22)25(23-13)14-9-7-6-8-10-14)11-16-20(27)24(5)18(28-16)12-17(26)21(2,3)4/h6-12H,1-5H3/b16-11-,18-12-. The van der Waals surface area contributed by atoms with Crippen LogP contribution in [0.15, 0.2) is 35.1 Å². The zero-order valence-electron chi connectivity index (χ0n) is 16.5. The number of para-hydroxylation sites is 1. The first-order chi connectivity index (χ1) is 13.1. The molecule has 2 heterocycles. The minimum Gasteiger partial charge on any atom is -0.302 e. The van der Waals surface area contributed by atoms with Gasteiger partial charge in [-0.15, -0.1) is 11.3 Å². The van der Waals surface area contributed by atoms with Crippen molar-refractivity contribution in [1.82, 2.24) is 14.3 Å². The van der Waals surface area contributed by atoms with Crippen LogP contribution in [0, 0.1) is 12.3 Å². The van der Waals surface area contributed by atoms with Crippen molar-refractivity contribution in [1.29, 1.82) is 0 Å². The number of aryl methyl sites for hydroxylation is 1. The number of aromatic nitrogens is 3. The number of halogens is 1. The third kappa shape index (κ3) is 3.88. The van der Waals surface area contributed by atoms with E-state index in [1.165, 1.54) is 22.0 Å². The van der Waals surface area contributed by atoms with Crippen LogP contribution in [-0.2, 0) is 11.8 Å². The molecule has 0 spiro atoms. The Balaban J connectivity index is 2.15. The maximum atomic E-state index is 12.7. The van der Waals surface area contributed by atoms with Crippen LogP contribution in [0.5, 0.6) is 0 Å². The number of rotatable bonds is 3. The first-order valence-corrected chi connectivity index (χ1v) is 10.0. The number of hydrogen-bond donors (Lipinski definition) is 0. The molecule has 0 bridgehead atoms. The summed E-state index contributed by atoms with van der Waals surface area (Å²) in [5.41, 5.74) is 1.60. The zero-order chi connectivity index (χ0) is 20.6. The van der Waals surface area contributed by atoms with Crippen LogP contribution < -0.4 is 14.8 Å². The molecule has 0 fully saturated rings. The monoisotopic (exact) mass is 415 g/mol. The molecule has 0 unspecified atom stereocenters. The maximum Gasteiger partial charge on any atom is 0.268 e. The molecule has 0 radical (unpaired) electrons. The highest BCUT2D eigenvalue weighted by molar-refractivity contribution is 7.07. The van der Waals surface area contributed by atoms with Gasteiger partial charge in [0.2, 0.25) is 0 Å². The molecular formula is C21H22ClN3O2S. The Kier molecular flexibility index (Phi) is 5.46. The second kappa shape index (κ2) is 7.53. The van der Waals surface area contributed by atoms with Gasteiger partial charge in [-0.1, -0.05) is 50.6 Å². The molecule has 3 rings (SSSR count). The number of ketones is 1. The molecule has 0 saturated carbocycles. The van der Waals surface area contributed by atoms with Gasteiger partial charge in [0.05, 0.1) is 15.9 Å². The Labute approximate surface area is 172 Å². The van der Waals surface area contributed by atoms with Crippen molar-refractivity contribution in [3.8, 4) is 5.69 Å². The Bertz CT molecular complexity index is 1210. The predicted octanol–water partition coefficient (Wildman–Crippen LogP) is 2.82. The fourth-order valence-corrected chi connectivity index (χ4v) is 3.92. The maximum absolute atomic E-state index is 12.7. The van der Waals surface area contributed by atoms with Crippen LogP contribution in [0.25, 0.3) is 17.8 Å². The van der Waals surface area contributed by atoms with Gasteiger partial charge < -0.3 is 4.57 Å². The van der Waals surface area contributed by atoms with Crippen molar-refractivity contribution in [2.75, 3.05) is 0 Å². The lowest BCUT2D eigenvalue weighted by Crippen LogP contribution is -2.30. The SMILES string of the molecule is Cc1nn(-c2ccccc2)c(Cl)c1/C=c1\s/c(=C\C(=O)C(C)(C)C)n(C)c1=O. The Morgan fingerprint density at radius 1 is 1.21 bits per heavy atom. The highest BCUT2D eigenvalue weighted by Crippen LogP contribution is 2.23. The highest BCUT2D eigenvalue weighted by atomic mass is 35.5. The molecule has 0 atom stereocenters. The van der Waals surface area contributed by atoms with Crippen molar-refractivity contribution >= 4 is 40.9 Å². The normalized spacial score (nSPS) is 13.4. The van der Waals surface area contributed by atoms with Crippen LogP contribution in [0.4, 0.5) is 0 Å². The number of carbonyl (C=O) groups excluding carboxylic acids is 1. The number of carbonyl (C=O) groups is 1. The number of Topliss-reactive ketones (excluding diaryl/α,β-unsaturated/α-hetero) is 1. The van der Waals surface area contributed by atoms with E-state index in [0.717, 1.165) is 11.4 Å². The number of thiazole rings is 1. The molecule has 5 nitrogen and oxygen atoms in total. The van der Waals surface area contributed by atoms with Crippen molar-refractivity contribution in [3.05, 3.63) is 66.3 Å². The number of hydrogen-bond acceptors (Lipinski definition) is 4. The minimum absolute atomic E-state index is 0.0259. The minimum atomic E-state index is -0.499. The molecule has 28 heavy (non-hydrogen) atoms. The smallest absolute Gasteiger partial charge is 0.268 e. The molecule has 0 aliphatic heterocycles. The average molecular weight is 416 g/mol. The molecule has 0 amide bonds. The van der Waals surface area contributed by atoms with Crippen LogP contribution in [0.1, 0.15) is 32.0 Å². The van der Waals surface area contributed by atoms with Gasteiger partial charge in [0.15, 0.2) is 5.78 Å². The Hall–Kier alpha value is -2.44. The summed E-state index contributed by atoms with van der Waals surface area (Å²) in [7, 11) is 1.67. The molecule has 0 aliphatic rings. The average Bonchev–Trinajstić information content (AvgIpc) is 3.07. The van der Waals surface area contributed by atoms with E-state index in [1.807, 2.05) is 58.0 Å². The van der Waals surface area contributed by atoms with Gasteiger partial charge >= 0.3 is 0 Å². The molecule has 2 aromatic heterocycles. The fraction of sp³-hybridized carbons (Fsp3) is 0.286. The lowest BCUT2D eigenvalue weighted by Gasteiger charge is -2.12. The van der Waals surface area contributed by atoms with E-state index in [1.54, 1.807) is 17.8 Å². The fourth-order valence-electron chi connectivity index (χ4n) is 2.58. The molecule has 0 aliphatic carbocycles. The van der Waals surface area contributed by atoms with Crippen LogP contribution in [-0.4, -0.2) is 20.1 Å². The van der Waals surface area contributed by atoms with E-state index in [9.17, 15) is 9.59 Å². The van der Waals surface area contributed by atoms with E-state index in [-0.39, 0.29) is 11.3 Å². The van der Waals surface area contributed by atoms with Gasteiger partial charge in [0.25, 0.3) is 5.56 Å². The van der Waals surface area contributed by atoms with E-state index in [2.05, 4.69) is 5.10 Å². The summed E-state index contributed by atoms with van der Waals surface area (Å²) in [6, 6.07) is 9.58. The largest absolute Gasteiger partial charge is 0.302 e. The third-order valence-electron chi connectivity index (χ3n) is 4.38. The Morgan fingerprint density at radius 2 is 1.86 bits per heavy atom. The summed E-state index contributed by atoms with van der Waals surface area (Å²) in [5.74, 6) is -0.0259. The summed E-state index contributed by atoms with van der Waals surface area (Å²) in [6.45, 7) is 7.41. The summed E-state index contributed by atoms with van der Waals surface area (Å²) < 4.78 is 4.26. The summed E-state index contributed by atoms with van der Waals surface area (Å²) in [5, 5.41) is 4.94. The second-order valence-electron chi connectivity index (χ2n) is 7.61.